The summed E-state index contributed by atoms with van der Waals surface area (Å²) in [6.07, 6.45) is -4.13. The van der Waals surface area contributed by atoms with Crippen LogP contribution in [0.5, 0.6) is 0 Å². The van der Waals surface area contributed by atoms with Crippen LogP contribution in [-0.4, -0.2) is 30.6 Å². The van der Waals surface area contributed by atoms with Gasteiger partial charge in [-0.2, -0.15) is 13.2 Å². The molecule has 0 radical (unpaired) electrons. The van der Waals surface area contributed by atoms with E-state index in [2.05, 4.69) is 5.32 Å². The Balaban J connectivity index is 2.44. The molecule has 1 aliphatic carbocycles. The lowest BCUT2D eigenvalue weighted by atomic mass is 9.67. The van der Waals surface area contributed by atoms with E-state index in [0.717, 1.165) is 0 Å². The van der Waals surface area contributed by atoms with Crippen molar-refractivity contribution < 1.29 is 27.5 Å². The number of nitrogens with one attached hydrogen (secondary N) is 1. The van der Waals surface area contributed by atoms with E-state index in [1.807, 2.05) is 0 Å². The van der Waals surface area contributed by atoms with Gasteiger partial charge in [-0.25, -0.2) is 0 Å². The SMILES string of the molecule is CCOC(=O)[C@]1([C@@H](N[C@H](C)c2ccccc2)C(F)(F)F)CCCCC1=O. The van der Waals surface area contributed by atoms with Gasteiger partial charge in [0, 0.05) is 12.5 Å². The molecule has 144 valence electrons. The van der Waals surface area contributed by atoms with Gasteiger partial charge in [0.25, 0.3) is 0 Å². The van der Waals surface area contributed by atoms with Crippen LogP contribution in [0.15, 0.2) is 30.3 Å². The molecule has 0 heterocycles. The van der Waals surface area contributed by atoms with Crippen molar-refractivity contribution in [1.29, 1.82) is 0 Å². The Morgan fingerprint density at radius 2 is 1.92 bits per heavy atom. The fourth-order valence-corrected chi connectivity index (χ4v) is 3.55. The number of alkyl halides is 3. The van der Waals surface area contributed by atoms with Gasteiger partial charge in [0.1, 0.15) is 6.04 Å². The molecule has 3 atom stereocenters. The summed E-state index contributed by atoms with van der Waals surface area (Å²) >= 11 is 0. The molecular weight excluding hydrogens is 347 g/mol. The number of carbonyl (C=O) groups excluding carboxylic acids is 2. The van der Waals surface area contributed by atoms with Crippen LogP contribution in [0.2, 0.25) is 0 Å². The van der Waals surface area contributed by atoms with E-state index in [9.17, 15) is 22.8 Å². The van der Waals surface area contributed by atoms with E-state index in [0.29, 0.717) is 18.4 Å². The Hall–Kier alpha value is -1.89. The number of esters is 1. The molecule has 0 spiro atoms. The molecule has 0 aromatic heterocycles. The molecule has 1 aromatic rings. The monoisotopic (exact) mass is 371 g/mol. The first kappa shape index (κ1) is 20.4. The Bertz CT molecular complexity index is 633. The molecule has 4 nitrogen and oxygen atoms in total. The first-order valence-electron chi connectivity index (χ1n) is 8.81. The van der Waals surface area contributed by atoms with E-state index in [1.165, 1.54) is 6.92 Å². The molecule has 1 N–H and O–H groups in total. The van der Waals surface area contributed by atoms with Crippen molar-refractivity contribution in [3.05, 3.63) is 35.9 Å². The molecule has 0 aliphatic heterocycles. The molecule has 0 amide bonds. The summed E-state index contributed by atoms with van der Waals surface area (Å²) in [5.74, 6) is -1.78. The van der Waals surface area contributed by atoms with Crippen LogP contribution in [0, 0.1) is 5.41 Å². The molecule has 0 unspecified atom stereocenters. The molecule has 7 heteroatoms. The third-order valence-corrected chi connectivity index (χ3v) is 4.90. The van der Waals surface area contributed by atoms with Crippen LogP contribution >= 0.6 is 0 Å². The predicted octanol–water partition coefficient (Wildman–Crippen LogP) is 3.96. The lowest BCUT2D eigenvalue weighted by Crippen LogP contribution is -2.63. The van der Waals surface area contributed by atoms with Crippen molar-refractivity contribution in [2.24, 2.45) is 5.41 Å². The number of rotatable bonds is 6. The van der Waals surface area contributed by atoms with E-state index in [-0.39, 0.29) is 19.4 Å². The number of ketones is 1. The highest BCUT2D eigenvalue weighted by Gasteiger charge is 2.63. The highest BCUT2D eigenvalue weighted by atomic mass is 19.4. The second kappa shape index (κ2) is 8.20. The Morgan fingerprint density at radius 3 is 2.46 bits per heavy atom. The molecule has 1 fully saturated rings. The number of hydrogen-bond acceptors (Lipinski definition) is 4. The third kappa shape index (κ3) is 4.09. The van der Waals surface area contributed by atoms with Crippen molar-refractivity contribution in [3.63, 3.8) is 0 Å². The van der Waals surface area contributed by atoms with Gasteiger partial charge in [0.15, 0.2) is 11.2 Å². The summed E-state index contributed by atoms with van der Waals surface area (Å²) in [6.45, 7) is 3.02. The first-order valence-corrected chi connectivity index (χ1v) is 8.81. The van der Waals surface area contributed by atoms with Gasteiger partial charge in [-0.05, 0) is 32.3 Å². The molecule has 26 heavy (non-hydrogen) atoms. The van der Waals surface area contributed by atoms with Crippen LogP contribution in [-0.2, 0) is 14.3 Å². The topological polar surface area (TPSA) is 55.4 Å². The van der Waals surface area contributed by atoms with Gasteiger partial charge < -0.3 is 4.74 Å². The minimum Gasteiger partial charge on any atom is -0.465 e. The zero-order chi connectivity index (χ0) is 19.4. The largest absolute Gasteiger partial charge is 0.465 e. The number of benzene rings is 1. The van der Waals surface area contributed by atoms with Crippen molar-refractivity contribution in [3.8, 4) is 0 Å². The number of Topliss-reactive ketones (excluding diaryl/α,β-unsaturated/α-hetero) is 1. The van der Waals surface area contributed by atoms with Crippen LogP contribution < -0.4 is 5.32 Å². The number of carbonyl (C=O) groups is 2. The average molecular weight is 371 g/mol. The van der Waals surface area contributed by atoms with Crippen molar-refractivity contribution in [1.82, 2.24) is 5.32 Å². The van der Waals surface area contributed by atoms with E-state index in [1.54, 1.807) is 37.3 Å². The number of hydrogen-bond donors (Lipinski definition) is 1. The lowest BCUT2D eigenvalue weighted by Gasteiger charge is -2.42. The minimum atomic E-state index is -4.77. The summed E-state index contributed by atoms with van der Waals surface area (Å²) in [5.41, 5.74) is -1.58. The molecule has 0 bridgehead atoms. The van der Waals surface area contributed by atoms with Crippen molar-refractivity contribution >= 4 is 11.8 Å². The zero-order valence-electron chi connectivity index (χ0n) is 14.9. The van der Waals surface area contributed by atoms with Gasteiger partial charge in [-0.3, -0.25) is 14.9 Å². The Labute approximate surface area is 151 Å². The van der Waals surface area contributed by atoms with Crippen molar-refractivity contribution in [2.45, 2.75) is 57.8 Å². The Kier molecular flexibility index (Phi) is 6.44. The second-order valence-electron chi connectivity index (χ2n) is 6.60. The summed E-state index contributed by atoms with van der Waals surface area (Å²) in [7, 11) is 0. The smallest absolute Gasteiger partial charge is 0.405 e. The van der Waals surface area contributed by atoms with Crippen LogP contribution in [0.4, 0.5) is 13.2 Å². The van der Waals surface area contributed by atoms with Gasteiger partial charge >= 0.3 is 12.1 Å². The van der Waals surface area contributed by atoms with Gasteiger partial charge in [-0.15, -0.1) is 0 Å². The molecule has 1 aliphatic rings. The van der Waals surface area contributed by atoms with Crippen LogP contribution in [0.25, 0.3) is 0 Å². The fourth-order valence-electron chi connectivity index (χ4n) is 3.55. The minimum absolute atomic E-state index is 0.0488. The molecule has 0 saturated heterocycles. The van der Waals surface area contributed by atoms with Crippen LogP contribution in [0.1, 0.15) is 51.1 Å². The quantitative estimate of drug-likeness (QED) is 0.607. The molecular formula is C19H24F3NO3. The average Bonchev–Trinajstić information content (AvgIpc) is 2.60. The van der Waals surface area contributed by atoms with E-state index in [4.69, 9.17) is 4.74 Å². The van der Waals surface area contributed by atoms with Crippen LogP contribution in [0.3, 0.4) is 0 Å². The molecule has 2 rings (SSSR count). The highest BCUT2D eigenvalue weighted by molar-refractivity contribution is 6.05. The number of halogens is 3. The second-order valence-corrected chi connectivity index (χ2v) is 6.60. The standard InChI is InChI=1S/C19H24F3NO3/c1-3-26-17(25)18(12-8-7-11-15(18)24)16(19(20,21)22)23-13(2)14-9-5-4-6-10-14/h4-6,9-10,13,16,23H,3,7-8,11-12H2,1-2H3/t13-,16-,18-/m1/s1. The van der Waals surface area contributed by atoms with Crippen molar-refractivity contribution in [2.75, 3.05) is 6.61 Å². The maximum absolute atomic E-state index is 14.0. The van der Waals surface area contributed by atoms with Gasteiger partial charge in [-0.1, -0.05) is 36.8 Å². The third-order valence-electron chi connectivity index (χ3n) is 4.90. The summed E-state index contributed by atoms with van der Waals surface area (Å²) < 4.78 is 46.8. The van der Waals surface area contributed by atoms with Gasteiger partial charge in [0.2, 0.25) is 0 Å². The first-order chi connectivity index (χ1) is 12.2. The molecule has 1 saturated carbocycles. The van der Waals surface area contributed by atoms with E-state index >= 15 is 0 Å². The van der Waals surface area contributed by atoms with E-state index < -0.39 is 35.4 Å². The maximum Gasteiger partial charge on any atom is 0.405 e. The fraction of sp³-hybridized carbons (Fsp3) is 0.579. The predicted molar refractivity (Wildman–Crippen MR) is 90.4 cm³/mol. The lowest BCUT2D eigenvalue weighted by molar-refractivity contribution is -0.204. The maximum atomic E-state index is 14.0. The summed E-state index contributed by atoms with van der Waals surface area (Å²) in [5, 5.41) is 2.51. The normalized spacial score (nSPS) is 23.3. The summed E-state index contributed by atoms with van der Waals surface area (Å²) in [4.78, 5) is 25.2. The summed E-state index contributed by atoms with van der Waals surface area (Å²) in [6, 6.07) is 5.63. The number of ether oxygens (including phenoxy) is 1. The highest BCUT2D eigenvalue weighted by Crippen LogP contribution is 2.44. The zero-order valence-corrected chi connectivity index (χ0v) is 14.9. The molecule has 1 aromatic carbocycles. The Morgan fingerprint density at radius 1 is 1.27 bits per heavy atom. The van der Waals surface area contributed by atoms with Gasteiger partial charge in [0.05, 0.1) is 6.61 Å².